The molecule has 0 bridgehead atoms. The van der Waals surface area contributed by atoms with E-state index in [1.165, 1.54) is 0 Å². The molecule has 132 valence electrons. The minimum atomic E-state index is -0.0787. The topological polar surface area (TPSA) is 38.5 Å². The van der Waals surface area contributed by atoms with Crippen LogP contribution < -0.4 is 0 Å². The van der Waals surface area contributed by atoms with Crippen molar-refractivity contribution in [1.82, 2.24) is 4.40 Å². The highest BCUT2D eigenvalue weighted by molar-refractivity contribution is 6.20. The molecule has 3 nitrogen and oxygen atoms in total. The molecule has 0 spiro atoms. The van der Waals surface area contributed by atoms with Gasteiger partial charge in [-0.25, -0.2) is 0 Å². The number of ketones is 2. The zero-order valence-corrected chi connectivity index (χ0v) is 15.3. The molecule has 2 heterocycles. The molecule has 2 aromatic carbocycles. The van der Waals surface area contributed by atoms with Gasteiger partial charge in [0.15, 0.2) is 11.6 Å². The first-order valence-electron chi connectivity index (χ1n) is 8.88. The molecule has 2 aromatic heterocycles. The largest absolute Gasteiger partial charge is 0.313 e. The number of aryl methyl sites for hydroxylation is 1. The fourth-order valence-corrected chi connectivity index (χ4v) is 3.52. The number of aromatic nitrogens is 1. The van der Waals surface area contributed by atoms with Gasteiger partial charge in [-0.2, -0.15) is 0 Å². The summed E-state index contributed by atoms with van der Waals surface area (Å²) in [6.07, 6.45) is 1.84. The molecule has 0 radical (unpaired) electrons. The van der Waals surface area contributed by atoms with Crippen LogP contribution in [0, 0.1) is 6.92 Å². The Morgan fingerprint density at radius 3 is 2.15 bits per heavy atom. The van der Waals surface area contributed by atoms with Gasteiger partial charge in [-0.05, 0) is 24.6 Å². The molecule has 0 aliphatic heterocycles. The van der Waals surface area contributed by atoms with E-state index in [0.29, 0.717) is 22.4 Å². The molecule has 4 rings (SSSR count). The Bertz CT molecular complexity index is 1150. The van der Waals surface area contributed by atoms with Crippen molar-refractivity contribution in [3.8, 4) is 11.1 Å². The van der Waals surface area contributed by atoms with Crippen molar-refractivity contribution in [2.24, 2.45) is 0 Å². The number of carbonyl (C=O) groups is 2. The van der Waals surface area contributed by atoms with Crippen LogP contribution in [0.15, 0.2) is 79.0 Å². The van der Waals surface area contributed by atoms with Crippen LogP contribution in [0.4, 0.5) is 0 Å². The van der Waals surface area contributed by atoms with Crippen molar-refractivity contribution in [3.63, 3.8) is 0 Å². The lowest BCUT2D eigenvalue weighted by molar-refractivity contribution is 0.101. The van der Waals surface area contributed by atoms with Crippen molar-refractivity contribution < 1.29 is 9.59 Å². The molecule has 27 heavy (non-hydrogen) atoms. The molecule has 4 aromatic rings. The van der Waals surface area contributed by atoms with Crippen molar-refractivity contribution in [2.45, 2.75) is 13.8 Å². The highest BCUT2D eigenvalue weighted by atomic mass is 16.1. The van der Waals surface area contributed by atoms with Crippen molar-refractivity contribution in [1.29, 1.82) is 0 Å². The number of hydrogen-bond donors (Lipinski definition) is 0. The number of fused-ring (bicyclic) bond motifs is 1. The molecule has 0 N–H and O–H groups in total. The lowest BCUT2D eigenvalue weighted by Crippen LogP contribution is -2.04. The molecule has 0 fully saturated rings. The van der Waals surface area contributed by atoms with E-state index >= 15 is 0 Å². The third-order valence-electron chi connectivity index (χ3n) is 4.78. The van der Waals surface area contributed by atoms with Gasteiger partial charge < -0.3 is 4.40 Å². The number of rotatable bonds is 4. The number of nitrogens with zero attached hydrogens (tertiary/aromatic N) is 1. The van der Waals surface area contributed by atoms with Crippen molar-refractivity contribution >= 4 is 17.1 Å². The van der Waals surface area contributed by atoms with E-state index in [2.05, 4.69) is 0 Å². The molecule has 0 unspecified atom stereocenters. The summed E-state index contributed by atoms with van der Waals surface area (Å²) in [5.74, 6) is -0.150. The standard InChI is InChI=1S/C24H19NO2/c1-16-11-13-19(14-12-16)24(27)22-20-10-6-7-15-25(20)23(17(2)26)21(22)18-8-4-3-5-9-18/h3-15H,1-2H3. The Kier molecular flexibility index (Phi) is 4.21. The predicted octanol–water partition coefficient (Wildman–Crippen LogP) is 5.35. The average molecular weight is 353 g/mol. The maximum Gasteiger partial charge on any atom is 0.195 e. The van der Waals surface area contributed by atoms with Crippen LogP contribution in [-0.4, -0.2) is 16.0 Å². The first kappa shape index (κ1) is 17.0. The number of hydrogen-bond acceptors (Lipinski definition) is 2. The summed E-state index contributed by atoms with van der Waals surface area (Å²) in [5, 5.41) is 0. The lowest BCUT2D eigenvalue weighted by Gasteiger charge is -2.07. The summed E-state index contributed by atoms with van der Waals surface area (Å²) in [4.78, 5) is 26.0. The number of benzene rings is 2. The zero-order chi connectivity index (χ0) is 19.0. The highest BCUT2D eigenvalue weighted by Crippen LogP contribution is 2.35. The van der Waals surface area contributed by atoms with Gasteiger partial charge in [0.2, 0.25) is 0 Å². The van der Waals surface area contributed by atoms with Crippen LogP contribution in [0.25, 0.3) is 16.6 Å². The maximum absolute atomic E-state index is 13.5. The monoisotopic (exact) mass is 353 g/mol. The van der Waals surface area contributed by atoms with Crippen LogP contribution in [0.1, 0.15) is 38.9 Å². The van der Waals surface area contributed by atoms with E-state index in [1.807, 2.05) is 90.3 Å². The Hall–Kier alpha value is -3.46. The van der Waals surface area contributed by atoms with Crippen LogP contribution >= 0.6 is 0 Å². The van der Waals surface area contributed by atoms with Crippen LogP contribution in [-0.2, 0) is 0 Å². The van der Waals surface area contributed by atoms with Gasteiger partial charge in [0, 0.05) is 24.2 Å². The molecular formula is C24H19NO2. The Morgan fingerprint density at radius 2 is 1.48 bits per heavy atom. The molecule has 0 saturated heterocycles. The first-order valence-corrected chi connectivity index (χ1v) is 8.88. The van der Waals surface area contributed by atoms with E-state index in [0.717, 1.165) is 16.6 Å². The van der Waals surface area contributed by atoms with Gasteiger partial charge >= 0.3 is 0 Å². The summed E-state index contributed by atoms with van der Waals surface area (Å²) in [6, 6.07) is 22.8. The normalized spacial score (nSPS) is 10.9. The Morgan fingerprint density at radius 1 is 0.815 bits per heavy atom. The van der Waals surface area contributed by atoms with Gasteiger partial charge in [0.25, 0.3) is 0 Å². The van der Waals surface area contributed by atoms with Gasteiger partial charge in [-0.3, -0.25) is 9.59 Å². The van der Waals surface area contributed by atoms with E-state index in [1.54, 1.807) is 6.92 Å². The third kappa shape index (κ3) is 2.87. The summed E-state index contributed by atoms with van der Waals surface area (Å²) >= 11 is 0. The molecule has 0 saturated carbocycles. The Labute approximate surface area is 157 Å². The van der Waals surface area contributed by atoms with Crippen LogP contribution in [0.3, 0.4) is 0 Å². The van der Waals surface area contributed by atoms with Gasteiger partial charge in [-0.1, -0.05) is 66.2 Å². The van der Waals surface area contributed by atoms with Crippen molar-refractivity contribution in [2.75, 3.05) is 0 Å². The van der Waals surface area contributed by atoms with Gasteiger partial charge in [0.05, 0.1) is 16.8 Å². The minimum Gasteiger partial charge on any atom is -0.313 e. The van der Waals surface area contributed by atoms with Gasteiger partial charge in [-0.15, -0.1) is 0 Å². The number of Topliss-reactive ketones (excluding diaryl/α,β-unsaturated/α-hetero) is 1. The minimum absolute atomic E-state index is 0.0713. The van der Waals surface area contributed by atoms with Gasteiger partial charge in [0.1, 0.15) is 0 Å². The summed E-state index contributed by atoms with van der Waals surface area (Å²) in [5.41, 5.74) is 5.11. The quantitative estimate of drug-likeness (QED) is 0.464. The second-order valence-electron chi connectivity index (χ2n) is 6.67. The highest BCUT2D eigenvalue weighted by Gasteiger charge is 2.26. The molecule has 0 aliphatic carbocycles. The summed E-state index contributed by atoms with van der Waals surface area (Å²) in [6.45, 7) is 3.53. The number of pyridine rings is 1. The zero-order valence-electron chi connectivity index (χ0n) is 15.3. The number of carbonyl (C=O) groups excluding carboxylic acids is 2. The van der Waals surface area contributed by atoms with Crippen LogP contribution in [0.5, 0.6) is 0 Å². The molecule has 0 aliphatic rings. The molecular weight excluding hydrogens is 334 g/mol. The first-order chi connectivity index (χ1) is 13.1. The molecule has 3 heteroatoms. The van der Waals surface area contributed by atoms with Crippen LogP contribution in [0.2, 0.25) is 0 Å². The van der Waals surface area contributed by atoms with E-state index in [-0.39, 0.29) is 11.6 Å². The third-order valence-corrected chi connectivity index (χ3v) is 4.78. The second-order valence-corrected chi connectivity index (χ2v) is 6.67. The maximum atomic E-state index is 13.5. The summed E-state index contributed by atoms with van der Waals surface area (Å²) < 4.78 is 1.83. The molecule has 0 amide bonds. The average Bonchev–Trinajstić information content (AvgIpc) is 3.04. The lowest BCUT2D eigenvalue weighted by atomic mass is 9.93. The fraction of sp³-hybridized carbons (Fsp3) is 0.0833. The SMILES string of the molecule is CC(=O)c1c(-c2ccccc2)c(C(=O)c2ccc(C)cc2)c2ccccn12. The molecule has 0 atom stereocenters. The van der Waals surface area contributed by atoms with E-state index in [9.17, 15) is 9.59 Å². The Balaban J connectivity index is 2.08. The van der Waals surface area contributed by atoms with Crippen molar-refractivity contribution in [3.05, 3.63) is 101 Å². The second kappa shape index (κ2) is 6.69. The summed E-state index contributed by atoms with van der Waals surface area (Å²) in [7, 11) is 0. The fourth-order valence-electron chi connectivity index (χ4n) is 3.52. The van der Waals surface area contributed by atoms with E-state index in [4.69, 9.17) is 0 Å². The predicted molar refractivity (Wildman–Crippen MR) is 107 cm³/mol. The smallest absolute Gasteiger partial charge is 0.195 e. The van der Waals surface area contributed by atoms with E-state index < -0.39 is 0 Å².